The van der Waals surface area contributed by atoms with Crippen molar-refractivity contribution >= 4 is 10.9 Å². The predicted molar refractivity (Wildman–Crippen MR) is 82.0 cm³/mol. The average Bonchev–Trinajstić information content (AvgIpc) is 2.80. The van der Waals surface area contributed by atoms with Gasteiger partial charge in [0.05, 0.1) is 0 Å². The number of hydrogen-bond donors (Lipinski definition) is 1. The molecule has 110 valence electrons. The fraction of sp³-hybridized carbons (Fsp3) is 0. The summed E-state index contributed by atoms with van der Waals surface area (Å²) in [4.78, 5) is 2.58. The van der Waals surface area contributed by atoms with Gasteiger partial charge in [0.1, 0.15) is 17.5 Å². The predicted octanol–water partition coefficient (Wildman–Crippen LogP) is 5.56. The van der Waals surface area contributed by atoms with Gasteiger partial charge >= 0.3 is 0 Å². The Morgan fingerprint density at radius 2 is 1.00 bits per heavy atom. The molecule has 0 N–H and O–H groups in total. The van der Waals surface area contributed by atoms with E-state index in [4.69, 9.17) is 0 Å². The van der Waals surface area contributed by atoms with Crippen molar-refractivity contribution in [1.82, 2.24) is 0 Å². The Kier molecular flexibility index (Phi) is 3.01. The number of thiol groups is 1. The molecule has 0 saturated heterocycles. The maximum Gasteiger partial charge on any atom is 0.124 e. The minimum atomic E-state index is -1.06. The minimum Gasteiger partial charge on any atom is -0.207 e. The van der Waals surface area contributed by atoms with Gasteiger partial charge in [0.15, 0.2) is 0 Å². The molecular weight excluding hydrogens is 305 g/mol. The van der Waals surface area contributed by atoms with E-state index < -0.39 is 10.9 Å². The maximum atomic E-state index is 13.7. The van der Waals surface area contributed by atoms with E-state index in [-0.39, 0.29) is 17.5 Å². The molecule has 0 bridgehead atoms. The molecule has 0 fully saturated rings. The first-order valence-electron chi connectivity index (χ1n) is 6.79. The summed E-state index contributed by atoms with van der Waals surface area (Å²) >= 11 is 0. The molecule has 0 saturated carbocycles. The third kappa shape index (κ3) is 2.03. The normalized spacial score (nSPS) is 13.9. The van der Waals surface area contributed by atoms with Crippen molar-refractivity contribution in [2.45, 2.75) is 14.7 Å². The number of halogens is 3. The van der Waals surface area contributed by atoms with Crippen molar-refractivity contribution in [3.8, 4) is 11.1 Å². The van der Waals surface area contributed by atoms with Crippen molar-refractivity contribution in [2.24, 2.45) is 0 Å². The molecular formula is C18H11F3S. The average molecular weight is 316 g/mol. The zero-order valence-corrected chi connectivity index (χ0v) is 12.2. The molecule has 0 aromatic heterocycles. The number of fused-ring (bicyclic) bond motifs is 3. The van der Waals surface area contributed by atoms with Crippen LogP contribution in [-0.2, 0) is 0 Å². The van der Waals surface area contributed by atoms with Crippen molar-refractivity contribution < 1.29 is 13.2 Å². The molecule has 3 aromatic rings. The van der Waals surface area contributed by atoms with E-state index in [2.05, 4.69) is 0 Å². The van der Waals surface area contributed by atoms with E-state index in [1.165, 1.54) is 36.4 Å². The van der Waals surface area contributed by atoms with Crippen molar-refractivity contribution in [1.29, 1.82) is 0 Å². The maximum absolute atomic E-state index is 13.7. The van der Waals surface area contributed by atoms with Crippen LogP contribution in [0.1, 0.15) is 0 Å². The molecule has 0 nitrogen and oxygen atoms in total. The summed E-state index contributed by atoms with van der Waals surface area (Å²) in [5.74, 6) is -0.958. The quantitative estimate of drug-likeness (QED) is 0.437. The van der Waals surface area contributed by atoms with Crippen LogP contribution in [0.25, 0.3) is 11.1 Å². The van der Waals surface area contributed by atoms with E-state index in [0.717, 1.165) is 25.8 Å². The summed E-state index contributed by atoms with van der Waals surface area (Å²) in [7, 11) is -1.06. The molecule has 22 heavy (non-hydrogen) atoms. The van der Waals surface area contributed by atoms with Gasteiger partial charge in [0.25, 0.3) is 0 Å². The van der Waals surface area contributed by atoms with E-state index in [0.29, 0.717) is 0 Å². The smallest absolute Gasteiger partial charge is 0.124 e. The Morgan fingerprint density at radius 1 is 0.545 bits per heavy atom. The first kappa shape index (κ1) is 13.5. The second kappa shape index (κ2) is 4.92. The van der Waals surface area contributed by atoms with Gasteiger partial charge in [-0.3, -0.25) is 0 Å². The van der Waals surface area contributed by atoms with Crippen molar-refractivity contribution in [2.75, 3.05) is 0 Å². The van der Waals surface area contributed by atoms with Crippen LogP contribution in [0.5, 0.6) is 0 Å². The highest BCUT2D eigenvalue weighted by atomic mass is 32.2. The van der Waals surface area contributed by atoms with Crippen LogP contribution in [-0.4, -0.2) is 0 Å². The van der Waals surface area contributed by atoms with E-state index in [1.807, 2.05) is 0 Å². The Bertz CT molecular complexity index is 821. The molecule has 3 aromatic carbocycles. The Balaban J connectivity index is 1.99. The lowest BCUT2D eigenvalue weighted by Crippen LogP contribution is -1.86. The lowest BCUT2D eigenvalue weighted by molar-refractivity contribution is 0.624. The van der Waals surface area contributed by atoms with Gasteiger partial charge in [-0.1, -0.05) is 12.1 Å². The number of rotatable bonds is 1. The van der Waals surface area contributed by atoms with Crippen LogP contribution >= 0.6 is 10.9 Å². The van der Waals surface area contributed by atoms with Crippen LogP contribution < -0.4 is 0 Å². The fourth-order valence-electron chi connectivity index (χ4n) is 2.83. The second-order valence-corrected chi connectivity index (χ2v) is 7.29. The molecule has 1 aliphatic rings. The number of benzene rings is 3. The monoisotopic (exact) mass is 316 g/mol. The first-order chi connectivity index (χ1) is 10.6. The zero-order valence-electron chi connectivity index (χ0n) is 11.4. The molecule has 0 radical (unpaired) electrons. The molecule has 0 amide bonds. The third-order valence-corrected chi connectivity index (χ3v) is 6.29. The molecule has 0 atom stereocenters. The van der Waals surface area contributed by atoms with E-state index in [1.54, 1.807) is 24.3 Å². The highest BCUT2D eigenvalue weighted by Crippen LogP contribution is 2.62. The summed E-state index contributed by atoms with van der Waals surface area (Å²) in [6.07, 6.45) is 0. The van der Waals surface area contributed by atoms with E-state index >= 15 is 0 Å². The minimum absolute atomic E-state index is 0.318. The lowest BCUT2D eigenvalue weighted by Gasteiger charge is -2.19. The van der Waals surface area contributed by atoms with Gasteiger partial charge in [0.2, 0.25) is 0 Å². The molecule has 0 unspecified atom stereocenters. The largest absolute Gasteiger partial charge is 0.207 e. The van der Waals surface area contributed by atoms with Crippen molar-refractivity contribution in [3.05, 3.63) is 78.1 Å². The molecule has 0 spiro atoms. The van der Waals surface area contributed by atoms with Gasteiger partial charge < -0.3 is 0 Å². The Labute approximate surface area is 128 Å². The van der Waals surface area contributed by atoms with Gasteiger partial charge in [0, 0.05) is 9.79 Å². The lowest BCUT2D eigenvalue weighted by atomic mass is 10.1. The Morgan fingerprint density at radius 3 is 1.50 bits per heavy atom. The highest BCUT2D eigenvalue weighted by Gasteiger charge is 2.28. The zero-order chi connectivity index (χ0) is 15.3. The molecule has 1 heterocycles. The topological polar surface area (TPSA) is 0 Å². The summed E-state index contributed by atoms with van der Waals surface area (Å²) in [5, 5.41) is 0. The highest BCUT2D eigenvalue weighted by molar-refractivity contribution is 8.17. The molecule has 1 aliphatic heterocycles. The fourth-order valence-corrected chi connectivity index (χ4v) is 5.47. The van der Waals surface area contributed by atoms with Gasteiger partial charge in [-0.25, -0.2) is 13.2 Å². The summed E-state index contributed by atoms with van der Waals surface area (Å²) in [6, 6.07) is 15.4. The van der Waals surface area contributed by atoms with Crippen molar-refractivity contribution in [3.63, 3.8) is 0 Å². The SMILES string of the molecule is Fc1ccc([SH]2c3cc(F)ccc3-c3ccc(F)cc32)cc1. The molecule has 4 rings (SSSR count). The van der Waals surface area contributed by atoms with Gasteiger partial charge in [-0.2, -0.15) is 10.9 Å². The van der Waals surface area contributed by atoms with Crippen LogP contribution in [0.15, 0.2) is 75.4 Å². The first-order valence-corrected chi connectivity index (χ1v) is 8.13. The second-order valence-electron chi connectivity index (χ2n) is 5.13. The summed E-state index contributed by atoms with van der Waals surface area (Å²) < 4.78 is 40.6. The van der Waals surface area contributed by atoms with Crippen LogP contribution in [0.3, 0.4) is 0 Å². The third-order valence-electron chi connectivity index (χ3n) is 3.78. The van der Waals surface area contributed by atoms with Crippen LogP contribution in [0.2, 0.25) is 0 Å². The summed E-state index contributed by atoms with van der Waals surface area (Å²) in [6.45, 7) is 0. The Hall–Kier alpha value is -2.20. The standard InChI is InChI=1S/C18H11F3S/c19-11-1-5-14(6-2-11)22-17-9-12(20)3-7-15(17)16-8-4-13(21)10-18(16)22/h1-10,22H. The summed E-state index contributed by atoms with van der Waals surface area (Å²) in [5.41, 5.74) is 1.85. The van der Waals surface area contributed by atoms with Crippen LogP contribution in [0.4, 0.5) is 13.2 Å². The van der Waals surface area contributed by atoms with Gasteiger partial charge in [-0.15, -0.1) is 0 Å². The molecule has 0 aliphatic carbocycles. The molecule has 4 heteroatoms. The van der Waals surface area contributed by atoms with E-state index in [9.17, 15) is 13.2 Å². The van der Waals surface area contributed by atoms with Gasteiger partial charge in [-0.05, 0) is 64.6 Å². The number of hydrogen-bond acceptors (Lipinski definition) is 0. The van der Waals surface area contributed by atoms with Crippen LogP contribution in [0, 0.1) is 17.5 Å².